The molecule has 0 fully saturated rings. The van der Waals surface area contributed by atoms with Crippen molar-refractivity contribution in [2.24, 2.45) is 0 Å². The van der Waals surface area contributed by atoms with Gasteiger partial charge in [0.1, 0.15) is 11.4 Å². The molecule has 0 unspecified atom stereocenters. The van der Waals surface area contributed by atoms with Crippen LogP contribution < -0.4 is 15.7 Å². The number of hydrogen-bond donors (Lipinski definition) is 1. The third-order valence-electron chi connectivity index (χ3n) is 3.45. The number of pyridine rings is 1. The number of thioether (sulfide) groups is 1. The molecular formula is C17H16N4O3S. The van der Waals surface area contributed by atoms with Crippen LogP contribution in [0.3, 0.4) is 0 Å². The third kappa shape index (κ3) is 3.97. The molecule has 8 heteroatoms. The first kappa shape index (κ1) is 17.0. The first-order valence-electron chi connectivity index (χ1n) is 7.49. The summed E-state index contributed by atoms with van der Waals surface area (Å²) in [5.74, 6) is 0.539. The van der Waals surface area contributed by atoms with E-state index in [0.717, 1.165) is 17.3 Å². The van der Waals surface area contributed by atoms with Gasteiger partial charge in [-0.15, -0.1) is 0 Å². The van der Waals surface area contributed by atoms with Crippen molar-refractivity contribution in [3.05, 3.63) is 58.6 Å². The van der Waals surface area contributed by atoms with E-state index in [-0.39, 0.29) is 16.8 Å². The molecule has 25 heavy (non-hydrogen) atoms. The predicted octanol–water partition coefficient (Wildman–Crippen LogP) is 2.14. The highest BCUT2D eigenvalue weighted by atomic mass is 32.2. The fraction of sp³-hybridized carbons (Fsp3) is 0.176. The summed E-state index contributed by atoms with van der Waals surface area (Å²) in [4.78, 5) is 32.4. The molecule has 0 radical (unpaired) electrons. The molecule has 0 saturated heterocycles. The van der Waals surface area contributed by atoms with Gasteiger partial charge in [0.2, 0.25) is 5.91 Å². The molecule has 1 N–H and O–H groups in total. The predicted molar refractivity (Wildman–Crippen MR) is 96.3 cm³/mol. The van der Waals surface area contributed by atoms with Crippen LogP contribution in [0.15, 0.2) is 52.5 Å². The van der Waals surface area contributed by atoms with Gasteiger partial charge < -0.3 is 10.1 Å². The summed E-state index contributed by atoms with van der Waals surface area (Å²) in [6, 6.07) is 10.7. The van der Waals surface area contributed by atoms with E-state index in [9.17, 15) is 9.59 Å². The summed E-state index contributed by atoms with van der Waals surface area (Å²) in [6.45, 7) is 1.87. The Balaban J connectivity index is 1.70. The van der Waals surface area contributed by atoms with Gasteiger partial charge >= 0.3 is 5.69 Å². The van der Waals surface area contributed by atoms with E-state index in [1.807, 2.05) is 13.0 Å². The summed E-state index contributed by atoms with van der Waals surface area (Å²) >= 11 is 1.12. The highest BCUT2D eigenvalue weighted by Gasteiger charge is 2.09. The molecule has 0 spiro atoms. The van der Waals surface area contributed by atoms with Crippen molar-refractivity contribution >= 4 is 29.0 Å². The molecule has 1 amide bonds. The number of methoxy groups -OCH3 is 1. The van der Waals surface area contributed by atoms with Crippen LogP contribution in [-0.2, 0) is 4.79 Å². The number of benzene rings is 1. The lowest BCUT2D eigenvalue weighted by Crippen LogP contribution is -2.20. The normalized spacial score (nSPS) is 10.6. The number of nitrogens with one attached hydrogen (secondary N) is 1. The van der Waals surface area contributed by atoms with Gasteiger partial charge in [-0.05, 0) is 30.7 Å². The van der Waals surface area contributed by atoms with Crippen molar-refractivity contribution in [3.8, 4) is 5.75 Å². The molecule has 0 saturated carbocycles. The summed E-state index contributed by atoms with van der Waals surface area (Å²) in [5.41, 5.74) is 1.63. The van der Waals surface area contributed by atoms with Crippen LogP contribution in [0, 0.1) is 6.92 Å². The average molecular weight is 356 g/mol. The number of amides is 1. The average Bonchev–Trinajstić information content (AvgIpc) is 2.61. The minimum absolute atomic E-state index is 0.0959. The van der Waals surface area contributed by atoms with Gasteiger partial charge in [0.05, 0.1) is 12.9 Å². The van der Waals surface area contributed by atoms with Crippen molar-refractivity contribution in [1.82, 2.24) is 14.4 Å². The molecule has 0 aliphatic heterocycles. The Hall–Kier alpha value is -2.87. The minimum Gasteiger partial charge on any atom is -0.497 e. The molecule has 2 heterocycles. The molecule has 0 aliphatic rings. The van der Waals surface area contributed by atoms with Crippen LogP contribution in [0.25, 0.3) is 5.65 Å². The topological polar surface area (TPSA) is 85.6 Å². The van der Waals surface area contributed by atoms with Gasteiger partial charge in [0.25, 0.3) is 0 Å². The fourth-order valence-electron chi connectivity index (χ4n) is 2.25. The van der Waals surface area contributed by atoms with Crippen LogP contribution in [0.2, 0.25) is 0 Å². The smallest absolute Gasteiger partial charge is 0.355 e. The third-order valence-corrected chi connectivity index (χ3v) is 4.29. The maximum Gasteiger partial charge on any atom is 0.355 e. The van der Waals surface area contributed by atoms with E-state index in [0.29, 0.717) is 17.1 Å². The second-order valence-corrected chi connectivity index (χ2v) is 6.18. The zero-order valence-electron chi connectivity index (χ0n) is 13.7. The molecule has 0 bridgehead atoms. The van der Waals surface area contributed by atoms with Crippen LogP contribution in [0.1, 0.15) is 5.56 Å². The quantitative estimate of drug-likeness (QED) is 0.705. The maximum atomic E-state index is 12.1. The second-order valence-electron chi connectivity index (χ2n) is 5.24. The molecule has 2 aromatic heterocycles. The van der Waals surface area contributed by atoms with E-state index in [4.69, 9.17) is 4.74 Å². The van der Waals surface area contributed by atoms with Crippen molar-refractivity contribution < 1.29 is 9.53 Å². The Labute approximate surface area is 148 Å². The lowest BCUT2D eigenvalue weighted by Gasteiger charge is -2.07. The van der Waals surface area contributed by atoms with Crippen molar-refractivity contribution in [3.63, 3.8) is 0 Å². The van der Waals surface area contributed by atoms with Crippen molar-refractivity contribution in [2.45, 2.75) is 12.1 Å². The molecule has 7 nitrogen and oxygen atoms in total. The zero-order chi connectivity index (χ0) is 17.8. The first-order chi connectivity index (χ1) is 12.1. The van der Waals surface area contributed by atoms with Gasteiger partial charge in [-0.3, -0.25) is 9.20 Å². The molecule has 3 aromatic rings. The van der Waals surface area contributed by atoms with Gasteiger partial charge in [0.15, 0.2) is 5.16 Å². The van der Waals surface area contributed by atoms with Gasteiger partial charge in [-0.25, -0.2) is 9.78 Å². The van der Waals surface area contributed by atoms with E-state index >= 15 is 0 Å². The fourth-order valence-corrected chi connectivity index (χ4v) is 2.87. The van der Waals surface area contributed by atoms with Gasteiger partial charge in [-0.2, -0.15) is 4.98 Å². The van der Waals surface area contributed by atoms with Crippen LogP contribution in [0.4, 0.5) is 5.69 Å². The second kappa shape index (κ2) is 7.35. The molecule has 0 aliphatic carbocycles. The van der Waals surface area contributed by atoms with Gasteiger partial charge in [-0.1, -0.05) is 23.9 Å². The number of aryl methyl sites for hydroxylation is 1. The molecule has 0 atom stereocenters. The highest BCUT2D eigenvalue weighted by molar-refractivity contribution is 7.99. The molecule has 128 valence electrons. The summed E-state index contributed by atoms with van der Waals surface area (Å²) in [6.07, 6.45) is 1.62. The number of anilines is 1. The number of rotatable bonds is 5. The molecular weight excluding hydrogens is 340 g/mol. The summed E-state index contributed by atoms with van der Waals surface area (Å²) in [7, 11) is 1.56. The Bertz CT molecular complexity index is 987. The number of carbonyl (C=O) groups is 1. The highest BCUT2D eigenvalue weighted by Crippen LogP contribution is 2.18. The molecule has 1 aromatic carbocycles. The largest absolute Gasteiger partial charge is 0.497 e. The van der Waals surface area contributed by atoms with E-state index < -0.39 is 5.69 Å². The van der Waals surface area contributed by atoms with Crippen LogP contribution >= 0.6 is 11.8 Å². The van der Waals surface area contributed by atoms with Gasteiger partial charge in [0, 0.05) is 18.0 Å². The van der Waals surface area contributed by atoms with E-state index in [1.165, 1.54) is 4.40 Å². The Morgan fingerprint density at radius 3 is 2.92 bits per heavy atom. The number of fused-ring (bicyclic) bond motifs is 1. The maximum absolute atomic E-state index is 12.1. The number of carbonyl (C=O) groups excluding carboxylic acids is 1. The van der Waals surface area contributed by atoms with Crippen molar-refractivity contribution in [2.75, 3.05) is 18.2 Å². The molecule has 3 rings (SSSR count). The zero-order valence-corrected chi connectivity index (χ0v) is 14.5. The Morgan fingerprint density at radius 1 is 1.28 bits per heavy atom. The number of nitrogens with zero attached hydrogens (tertiary/aromatic N) is 3. The summed E-state index contributed by atoms with van der Waals surface area (Å²) in [5, 5.41) is 3.05. The van der Waals surface area contributed by atoms with Crippen LogP contribution in [-0.4, -0.2) is 33.1 Å². The standard InChI is InChI=1S/C17H16N4O3S/c1-11-5-4-8-21-15(11)19-16(20-17(21)23)25-10-14(22)18-12-6-3-7-13(9-12)24-2/h3-9H,10H2,1-2H3,(H,18,22). The summed E-state index contributed by atoms with van der Waals surface area (Å²) < 4.78 is 6.50. The number of ether oxygens (including phenoxy) is 1. The Kier molecular flexibility index (Phi) is 4.99. The van der Waals surface area contributed by atoms with Crippen molar-refractivity contribution in [1.29, 1.82) is 0 Å². The van der Waals surface area contributed by atoms with Crippen LogP contribution in [0.5, 0.6) is 5.75 Å². The monoisotopic (exact) mass is 356 g/mol. The lowest BCUT2D eigenvalue weighted by atomic mass is 10.3. The SMILES string of the molecule is COc1cccc(NC(=O)CSc2nc(=O)n3cccc(C)c3n2)c1. The van der Waals surface area contributed by atoms with E-state index in [2.05, 4.69) is 15.3 Å². The number of hydrogen-bond acceptors (Lipinski definition) is 6. The van der Waals surface area contributed by atoms with E-state index in [1.54, 1.807) is 43.6 Å². The lowest BCUT2D eigenvalue weighted by molar-refractivity contribution is -0.113. The minimum atomic E-state index is -0.413. The first-order valence-corrected chi connectivity index (χ1v) is 8.48. The number of aromatic nitrogens is 3. The Morgan fingerprint density at radius 2 is 2.12 bits per heavy atom.